The second-order valence-corrected chi connectivity index (χ2v) is 11.9. The number of nitrogens with zero attached hydrogens (tertiary/aromatic N) is 12. The van der Waals surface area contributed by atoms with Gasteiger partial charge in [0.15, 0.2) is 0 Å². The van der Waals surface area contributed by atoms with Crippen molar-refractivity contribution in [1.29, 1.82) is 0 Å². The summed E-state index contributed by atoms with van der Waals surface area (Å²) in [5, 5.41) is 25.3. The van der Waals surface area contributed by atoms with Crippen LogP contribution in [0.2, 0.25) is 0 Å². The van der Waals surface area contributed by atoms with Crippen LogP contribution in [0.1, 0.15) is 46.7 Å². The van der Waals surface area contributed by atoms with E-state index in [2.05, 4.69) is 45.9 Å². The standard InChI is InChI=1S/C35H34N12O3/c1-6-45-19-30(39-42-45)24-7-13-27(14-8-24)48-33-36-34(49-28-15-9-25(10-16-28)31-20-46(22(2)3)43-40-31)38-35(37-33)50-29-17-11-26(12-18-29)32-21-47(23(4)5)44-41-32/h7-23H,6H2,1-5H3. The molecule has 0 aliphatic heterocycles. The van der Waals surface area contributed by atoms with E-state index in [0.717, 1.165) is 40.3 Å². The molecule has 0 amide bonds. The number of ether oxygens (including phenoxy) is 3. The van der Waals surface area contributed by atoms with Crippen molar-refractivity contribution >= 4 is 0 Å². The Morgan fingerprint density at radius 1 is 0.480 bits per heavy atom. The minimum absolute atomic E-state index is 0.0153. The fraction of sp³-hybridized carbons (Fsp3) is 0.229. The Kier molecular flexibility index (Phi) is 8.92. The van der Waals surface area contributed by atoms with Crippen molar-refractivity contribution in [2.24, 2.45) is 0 Å². The maximum Gasteiger partial charge on any atom is 0.331 e. The summed E-state index contributed by atoms with van der Waals surface area (Å²) in [4.78, 5) is 13.3. The van der Waals surface area contributed by atoms with Crippen molar-refractivity contribution < 1.29 is 14.2 Å². The quantitative estimate of drug-likeness (QED) is 0.129. The molecule has 0 radical (unpaired) electrons. The zero-order valence-corrected chi connectivity index (χ0v) is 28.1. The van der Waals surface area contributed by atoms with Crippen LogP contribution in [0.3, 0.4) is 0 Å². The molecule has 50 heavy (non-hydrogen) atoms. The Labute approximate surface area is 287 Å². The molecule has 7 rings (SSSR count). The molecular formula is C35H34N12O3. The Morgan fingerprint density at radius 3 is 1.12 bits per heavy atom. The van der Waals surface area contributed by atoms with Crippen LogP contribution in [0, 0.1) is 0 Å². The van der Waals surface area contributed by atoms with Crippen molar-refractivity contribution in [1.82, 2.24) is 59.9 Å². The van der Waals surface area contributed by atoms with Crippen LogP contribution >= 0.6 is 0 Å². The van der Waals surface area contributed by atoms with Gasteiger partial charge in [0.1, 0.15) is 34.3 Å². The third kappa shape index (κ3) is 7.31. The number of aryl methyl sites for hydroxylation is 1. The van der Waals surface area contributed by atoms with Gasteiger partial charge in [0.2, 0.25) is 0 Å². The van der Waals surface area contributed by atoms with Crippen LogP contribution in [-0.4, -0.2) is 59.9 Å². The number of rotatable bonds is 12. The van der Waals surface area contributed by atoms with Crippen LogP contribution < -0.4 is 14.2 Å². The molecule has 0 unspecified atom stereocenters. The Morgan fingerprint density at radius 2 is 0.820 bits per heavy atom. The second kappa shape index (κ2) is 13.9. The second-order valence-electron chi connectivity index (χ2n) is 11.9. The fourth-order valence-electron chi connectivity index (χ4n) is 4.76. The van der Waals surface area contributed by atoms with E-state index in [4.69, 9.17) is 14.2 Å². The zero-order valence-electron chi connectivity index (χ0n) is 28.1. The molecule has 4 heterocycles. The minimum Gasteiger partial charge on any atom is -0.424 e. The van der Waals surface area contributed by atoms with E-state index in [9.17, 15) is 0 Å². The summed E-state index contributed by atoms with van der Waals surface area (Å²) in [6.45, 7) is 10.9. The maximum atomic E-state index is 6.06. The molecule has 3 aromatic carbocycles. The Hall–Kier alpha value is -6.51. The summed E-state index contributed by atoms with van der Waals surface area (Å²) in [5.41, 5.74) is 4.96. The largest absolute Gasteiger partial charge is 0.424 e. The lowest BCUT2D eigenvalue weighted by Crippen LogP contribution is -2.01. The van der Waals surface area contributed by atoms with Crippen LogP contribution in [0.5, 0.6) is 35.3 Å². The average Bonchev–Trinajstić information content (AvgIpc) is 3.91. The molecule has 0 N–H and O–H groups in total. The maximum absolute atomic E-state index is 6.06. The summed E-state index contributed by atoms with van der Waals surface area (Å²) in [6, 6.07) is 22.5. The molecule has 0 aliphatic carbocycles. The van der Waals surface area contributed by atoms with Crippen molar-refractivity contribution in [3.63, 3.8) is 0 Å². The first-order chi connectivity index (χ1) is 24.3. The summed E-state index contributed by atoms with van der Waals surface area (Å²) in [7, 11) is 0. The summed E-state index contributed by atoms with van der Waals surface area (Å²) >= 11 is 0. The van der Waals surface area contributed by atoms with Gasteiger partial charge < -0.3 is 14.2 Å². The summed E-state index contributed by atoms with van der Waals surface area (Å²) in [6.07, 6.45) is 5.70. The van der Waals surface area contributed by atoms with E-state index in [0.29, 0.717) is 17.2 Å². The van der Waals surface area contributed by atoms with E-state index in [1.54, 1.807) is 41.1 Å². The highest BCUT2D eigenvalue weighted by atomic mass is 16.5. The van der Waals surface area contributed by atoms with Gasteiger partial charge in [0.25, 0.3) is 0 Å². The molecular weight excluding hydrogens is 636 g/mol. The lowest BCUT2D eigenvalue weighted by molar-refractivity contribution is 0.362. The van der Waals surface area contributed by atoms with Crippen molar-refractivity contribution in [3.05, 3.63) is 91.4 Å². The molecule has 7 aromatic rings. The first-order valence-electron chi connectivity index (χ1n) is 16.1. The van der Waals surface area contributed by atoms with Gasteiger partial charge >= 0.3 is 18.0 Å². The summed E-state index contributed by atoms with van der Waals surface area (Å²) < 4.78 is 23.6. The van der Waals surface area contributed by atoms with E-state index in [-0.39, 0.29) is 30.1 Å². The van der Waals surface area contributed by atoms with E-state index < -0.39 is 0 Å². The van der Waals surface area contributed by atoms with E-state index in [1.165, 1.54) is 0 Å². The SMILES string of the molecule is CCn1cc(-c2ccc(Oc3nc(Oc4ccc(-c5cn(C(C)C)nn5)cc4)nc(Oc4ccc(-c5cn(C(C)C)nn5)cc4)n3)cc2)nn1. The predicted octanol–water partition coefficient (Wildman–Crippen LogP) is 7.21. The molecule has 0 fully saturated rings. The van der Waals surface area contributed by atoms with Gasteiger partial charge in [0.05, 0.1) is 18.6 Å². The van der Waals surface area contributed by atoms with Crippen LogP contribution in [-0.2, 0) is 6.54 Å². The lowest BCUT2D eigenvalue weighted by Gasteiger charge is -2.10. The molecule has 0 spiro atoms. The van der Waals surface area contributed by atoms with E-state index in [1.807, 2.05) is 99.0 Å². The first-order valence-corrected chi connectivity index (χ1v) is 16.1. The molecule has 0 saturated heterocycles. The normalized spacial score (nSPS) is 11.3. The van der Waals surface area contributed by atoms with Crippen LogP contribution in [0.4, 0.5) is 0 Å². The van der Waals surface area contributed by atoms with E-state index >= 15 is 0 Å². The molecule has 4 aromatic heterocycles. The molecule has 0 saturated carbocycles. The Balaban J connectivity index is 1.13. The van der Waals surface area contributed by atoms with Gasteiger partial charge in [-0.1, -0.05) is 15.6 Å². The number of hydrogen-bond acceptors (Lipinski definition) is 12. The highest BCUT2D eigenvalue weighted by Gasteiger charge is 2.15. The highest BCUT2D eigenvalue weighted by molar-refractivity contribution is 5.60. The summed E-state index contributed by atoms with van der Waals surface area (Å²) in [5.74, 6) is 1.49. The van der Waals surface area contributed by atoms with Gasteiger partial charge in [-0.05, 0) is 107 Å². The third-order valence-corrected chi connectivity index (χ3v) is 7.59. The average molecular weight is 671 g/mol. The molecule has 0 aliphatic rings. The number of benzene rings is 3. The first kappa shape index (κ1) is 32.1. The van der Waals surface area contributed by atoms with Crippen LogP contribution in [0.25, 0.3) is 33.8 Å². The molecule has 0 bridgehead atoms. The lowest BCUT2D eigenvalue weighted by atomic mass is 10.1. The monoisotopic (exact) mass is 670 g/mol. The number of aromatic nitrogens is 12. The molecule has 15 nitrogen and oxygen atoms in total. The molecule has 0 atom stereocenters. The molecule has 15 heteroatoms. The Bertz CT molecular complexity index is 2080. The highest BCUT2D eigenvalue weighted by Crippen LogP contribution is 2.30. The van der Waals surface area contributed by atoms with Gasteiger partial charge in [0, 0.05) is 35.3 Å². The van der Waals surface area contributed by atoms with Gasteiger partial charge in [-0.3, -0.25) is 4.68 Å². The fourth-order valence-corrected chi connectivity index (χ4v) is 4.76. The van der Waals surface area contributed by atoms with Crippen LogP contribution in [0.15, 0.2) is 91.4 Å². The zero-order chi connectivity index (χ0) is 34.6. The van der Waals surface area contributed by atoms with Gasteiger partial charge in [-0.2, -0.15) is 0 Å². The number of hydrogen-bond donors (Lipinski definition) is 0. The van der Waals surface area contributed by atoms with Gasteiger partial charge in [-0.15, -0.1) is 30.2 Å². The van der Waals surface area contributed by atoms with Gasteiger partial charge in [-0.25, -0.2) is 9.36 Å². The molecule has 252 valence electrons. The van der Waals surface area contributed by atoms with Crippen molar-refractivity contribution in [2.45, 2.75) is 53.2 Å². The third-order valence-electron chi connectivity index (χ3n) is 7.59. The minimum atomic E-state index is -0.0155. The van der Waals surface area contributed by atoms with Crippen molar-refractivity contribution in [2.75, 3.05) is 0 Å². The smallest absolute Gasteiger partial charge is 0.331 e. The topological polar surface area (TPSA) is 158 Å². The van der Waals surface area contributed by atoms with Crippen molar-refractivity contribution in [3.8, 4) is 69.1 Å². The predicted molar refractivity (Wildman–Crippen MR) is 183 cm³/mol.